The summed E-state index contributed by atoms with van der Waals surface area (Å²) >= 11 is 6.05. The fraction of sp³-hybridized carbons (Fsp3) is 0.467. The zero-order chi connectivity index (χ0) is 14.0. The molecule has 2 rings (SSSR count). The van der Waals surface area contributed by atoms with Gasteiger partial charge >= 0.3 is 0 Å². The lowest BCUT2D eigenvalue weighted by atomic mass is 9.94. The smallest absolute Gasteiger partial charge is 0.125 e. The second-order valence-electron chi connectivity index (χ2n) is 4.99. The highest BCUT2D eigenvalue weighted by molar-refractivity contribution is 6.16. The van der Waals surface area contributed by atoms with E-state index in [2.05, 4.69) is 36.4 Å². The van der Waals surface area contributed by atoms with E-state index in [1.807, 2.05) is 12.1 Å². The van der Waals surface area contributed by atoms with E-state index in [9.17, 15) is 5.26 Å². The van der Waals surface area contributed by atoms with Crippen molar-refractivity contribution in [2.24, 2.45) is 0 Å². The number of aromatic nitrogens is 2. The van der Waals surface area contributed by atoms with Crippen molar-refractivity contribution in [3.8, 4) is 6.07 Å². The predicted molar refractivity (Wildman–Crippen MR) is 78.2 cm³/mol. The summed E-state index contributed by atoms with van der Waals surface area (Å²) in [5, 5.41) is 9.19. The molecule has 1 heterocycles. The summed E-state index contributed by atoms with van der Waals surface area (Å²) in [6, 6.07) is 7.92. The monoisotopic (exact) mass is 275 g/mol. The zero-order valence-electron chi connectivity index (χ0n) is 11.6. The number of alkyl halides is 1. The molecule has 1 aromatic heterocycles. The minimum atomic E-state index is -0.0208. The van der Waals surface area contributed by atoms with Crippen molar-refractivity contribution in [2.75, 3.05) is 0 Å². The van der Waals surface area contributed by atoms with Crippen molar-refractivity contribution >= 4 is 22.6 Å². The molecule has 0 N–H and O–H groups in total. The molecule has 0 saturated carbocycles. The van der Waals surface area contributed by atoms with Gasteiger partial charge in [-0.2, -0.15) is 5.26 Å². The van der Waals surface area contributed by atoms with E-state index in [4.69, 9.17) is 11.6 Å². The van der Waals surface area contributed by atoms with Crippen LogP contribution in [0.1, 0.15) is 45.0 Å². The Bertz CT molecular complexity index is 633. The van der Waals surface area contributed by atoms with Gasteiger partial charge < -0.3 is 4.57 Å². The van der Waals surface area contributed by atoms with Gasteiger partial charge in [-0.3, -0.25) is 0 Å². The van der Waals surface area contributed by atoms with Crippen molar-refractivity contribution < 1.29 is 0 Å². The Morgan fingerprint density at radius 2 is 2.05 bits per heavy atom. The number of para-hydroxylation sites is 1. The number of nitriles is 1. The Morgan fingerprint density at radius 3 is 2.58 bits per heavy atom. The third kappa shape index (κ3) is 2.11. The molecule has 0 aliphatic rings. The Kier molecular flexibility index (Phi) is 3.82. The summed E-state index contributed by atoms with van der Waals surface area (Å²) in [7, 11) is 0. The number of hydrogen-bond donors (Lipinski definition) is 0. The zero-order valence-corrected chi connectivity index (χ0v) is 12.3. The first kappa shape index (κ1) is 13.9. The second kappa shape index (κ2) is 5.22. The maximum Gasteiger partial charge on any atom is 0.125 e. The van der Waals surface area contributed by atoms with Gasteiger partial charge in [-0.05, 0) is 31.9 Å². The SMILES string of the molecule is CCC(C)(CC)n1c(CCl)nc2c(C#N)cccc21. The Morgan fingerprint density at radius 1 is 1.37 bits per heavy atom. The molecule has 2 aromatic rings. The number of nitrogens with zero attached hydrogens (tertiary/aromatic N) is 3. The van der Waals surface area contributed by atoms with Crippen LogP contribution in [-0.4, -0.2) is 9.55 Å². The van der Waals surface area contributed by atoms with Crippen LogP contribution >= 0.6 is 11.6 Å². The van der Waals surface area contributed by atoms with Gasteiger partial charge in [-0.1, -0.05) is 19.9 Å². The molecule has 0 radical (unpaired) electrons. The molecule has 100 valence electrons. The predicted octanol–water partition coefficient (Wildman–Crippen LogP) is 4.18. The van der Waals surface area contributed by atoms with Crippen molar-refractivity contribution in [3.63, 3.8) is 0 Å². The average molecular weight is 276 g/mol. The first-order valence-electron chi connectivity index (χ1n) is 6.58. The van der Waals surface area contributed by atoms with Crippen LogP contribution in [0.25, 0.3) is 11.0 Å². The van der Waals surface area contributed by atoms with Gasteiger partial charge in [0.1, 0.15) is 17.4 Å². The Hall–Kier alpha value is -1.53. The molecule has 19 heavy (non-hydrogen) atoms. The Balaban J connectivity index is 2.83. The van der Waals surface area contributed by atoms with Crippen molar-refractivity contribution in [1.82, 2.24) is 9.55 Å². The molecule has 0 unspecified atom stereocenters. The van der Waals surface area contributed by atoms with Crippen molar-refractivity contribution in [2.45, 2.75) is 45.0 Å². The molecule has 4 heteroatoms. The summed E-state index contributed by atoms with van der Waals surface area (Å²) in [5.74, 6) is 1.19. The lowest BCUT2D eigenvalue weighted by Gasteiger charge is -2.31. The molecule has 0 amide bonds. The number of hydrogen-bond acceptors (Lipinski definition) is 2. The van der Waals surface area contributed by atoms with Crippen molar-refractivity contribution in [3.05, 3.63) is 29.6 Å². The molecule has 0 spiro atoms. The molecule has 3 nitrogen and oxygen atoms in total. The van der Waals surface area contributed by atoms with E-state index in [0.717, 1.165) is 29.7 Å². The maximum atomic E-state index is 9.19. The van der Waals surface area contributed by atoms with Crippen LogP contribution in [0.5, 0.6) is 0 Å². The fourth-order valence-corrected chi connectivity index (χ4v) is 2.68. The number of benzene rings is 1. The average Bonchev–Trinajstić information content (AvgIpc) is 2.85. The maximum absolute atomic E-state index is 9.19. The highest BCUT2D eigenvalue weighted by Crippen LogP contribution is 2.32. The lowest BCUT2D eigenvalue weighted by molar-refractivity contribution is 0.296. The summed E-state index contributed by atoms with van der Waals surface area (Å²) in [6.07, 6.45) is 1.99. The number of halogens is 1. The van der Waals surface area contributed by atoms with Crippen molar-refractivity contribution in [1.29, 1.82) is 5.26 Å². The number of rotatable bonds is 4. The standard InChI is InChI=1S/C15H18ClN3/c1-4-15(3,5-2)19-12-8-6-7-11(10-17)14(12)18-13(19)9-16/h6-8H,4-5,9H2,1-3H3. The molecule has 0 fully saturated rings. The fourth-order valence-electron chi connectivity index (χ4n) is 2.50. The largest absolute Gasteiger partial charge is 0.321 e. The third-order valence-electron chi connectivity index (χ3n) is 4.06. The summed E-state index contributed by atoms with van der Waals surface area (Å²) in [5.41, 5.74) is 2.35. The molecular formula is C15H18ClN3. The minimum Gasteiger partial charge on any atom is -0.321 e. The molecule has 0 bridgehead atoms. The van der Waals surface area contributed by atoms with Gasteiger partial charge in [0.15, 0.2) is 0 Å². The van der Waals surface area contributed by atoms with Crippen LogP contribution in [0.4, 0.5) is 0 Å². The van der Waals surface area contributed by atoms with E-state index in [0.29, 0.717) is 11.4 Å². The molecular weight excluding hydrogens is 258 g/mol. The van der Waals surface area contributed by atoms with Gasteiger partial charge in [0.05, 0.1) is 17.0 Å². The summed E-state index contributed by atoms with van der Waals surface area (Å²) in [6.45, 7) is 6.55. The van der Waals surface area contributed by atoms with Crippen LogP contribution < -0.4 is 0 Å². The van der Waals surface area contributed by atoms with Gasteiger partial charge in [0.2, 0.25) is 0 Å². The van der Waals surface area contributed by atoms with Gasteiger partial charge in [0.25, 0.3) is 0 Å². The van der Waals surface area contributed by atoms with E-state index in [1.54, 1.807) is 6.07 Å². The molecule has 0 aliphatic carbocycles. The summed E-state index contributed by atoms with van der Waals surface area (Å²) < 4.78 is 2.20. The topological polar surface area (TPSA) is 41.6 Å². The van der Waals surface area contributed by atoms with E-state index in [-0.39, 0.29) is 5.54 Å². The summed E-state index contributed by atoms with van der Waals surface area (Å²) in [4.78, 5) is 4.57. The highest BCUT2D eigenvalue weighted by atomic mass is 35.5. The first-order valence-corrected chi connectivity index (χ1v) is 7.11. The number of fused-ring (bicyclic) bond motifs is 1. The molecule has 0 saturated heterocycles. The van der Waals surface area contributed by atoms with Gasteiger partial charge in [-0.15, -0.1) is 11.6 Å². The van der Waals surface area contributed by atoms with Crippen LogP contribution in [0, 0.1) is 11.3 Å². The van der Waals surface area contributed by atoms with Crippen LogP contribution in [0.15, 0.2) is 18.2 Å². The quantitative estimate of drug-likeness (QED) is 0.786. The minimum absolute atomic E-state index is 0.0208. The second-order valence-corrected chi connectivity index (χ2v) is 5.25. The van der Waals surface area contributed by atoms with Crippen LogP contribution in [0.3, 0.4) is 0 Å². The van der Waals surface area contributed by atoms with E-state index >= 15 is 0 Å². The normalized spacial score (nSPS) is 11.7. The molecule has 0 atom stereocenters. The third-order valence-corrected chi connectivity index (χ3v) is 4.30. The first-order chi connectivity index (χ1) is 9.11. The number of imidazole rings is 1. The van der Waals surface area contributed by atoms with Crippen LogP contribution in [0.2, 0.25) is 0 Å². The lowest BCUT2D eigenvalue weighted by Crippen LogP contribution is -2.29. The van der Waals surface area contributed by atoms with Gasteiger partial charge in [-0.25, -0.2) is 4.98 Å². The van der Waals surface area contributed by atoms with E-state index < -0.39 is 0 Å². The highest BCUT2D eigenvalue weighted by Gasteiger charge is 2.27. The van der Waals surface area contributed by atoms with Crippen LogP contribution in [-0.2, 0) is 11.4 Å². The van der Waals surface area contributed by atoms with Gasteiger partial charge in [0, 0.05) is 5.54 Å². The molecule has 0 aliphatic heterocycles. The Labute approximate surface area is 118 Å². The molecule has 1 aromatic carbocycles. The van der Waals surface area contributed by atoms with E-state index in [1.165, 1.54) is 0 Å².